The predicted molar refractivity (Wildman–Crippen MR) is 61.0 cm³/mol. The van der Waals surface area contributed by atoms with Crippen molar-refractivity contribution in [2.75, 3.05) is 19.8 Å². The summed E-state index contributed by atoms with van der Waals surface area (Å²) in [7, 11) is 0. The van der Waals surface area contributed by atoms with E-state index in [-0.39, 0.29) is 0 Å². The Morgan fingerprint density at radius 3 is 3.00 bits per heavy atom. The van der Waals surface area contributed by atoms with Gasteiger partial charge in [0.1, 0.15) is 0 Å². The number of hydrogen-bond acceptors (Lipinski definition) is 3. The quantitative estimate of drug-likeness (QED) is 0.847. The van der Waals surface area contributed by atoms with Gasteiger partial charge < -0.3 is 9.47 Å². The highest BCUT2D eigenvalue weighted by molar-refractivity contribution is 9.10. The standard InChI is InChI=1S/C11H14BrNO2/c12-10-2-1-5-13-11(10)15-8-9-3-6-14-7-4-9/h1-2,5,9H,3-4,6-8H2. The molecule has 1 aromatic rings. The van der Waals surface area contributed by atoms with E-state index in [4.69, 9.17) is 9.47 Å². The van der Waals surface area contributed by atoms with Gasteiger partial charge in [-0.3, -0.25) is 0 Å². The van der Waals surface area contributed by atoms with Crippen LogP contribution in [0.4, 0.5) is 0 Å². The molecule has 0 bridgehead atoms. The first-order valence-corrected chi connectivity index (χ1v) is 5.96. The van der Waals surface area contributed by atoms with E-state index in [9.17, 15) is 0 Å². The average molecular weight is 272 g/mol. The van der Waals surface area contributed by atoms with E-state index in [0.29, 0.717) is 11.8 Å². The molecule has 82 valence electrons. The van der Waals surface area contributed by atoms with Gasteiger partial charge in [0.2, 0.25) is 5.88 Å². The zero-order valence-corrected chi connectivity index (χ0v) is 10.1. The number of nitrogens with zero attached hydrogens (tertiary/aromatic N) is 1. The summed E-state index contributed by atoms with van der Waals surface area (Å²) in [5, 5.41) is 0. The normalized spacial score (nSPS) is 17.7. The topological polar surface area (TPSA) is 31.4 Å². The van der Waals surface area contributed by atoms with Crippen LogP contribution in [0, 0.1) is 5.92 Å². The van der Waals surface area contributed by atoms with Gasteiger partial charge in [-0.25, -0.2) is 4.98 Å². The highest BCUT2D eigenvalue weighted by Crippen LogP contribution is 2.23. The minimum atomic E-state index is 0.604. The molecule has 2 rings (SSSR count). The van der Waals surface area contributed by atoms with Gasteiger partial charge in [0.15, 0.2) is 0 Å². The van der Waals surface area contributed by atoms with Crippen LogP contribution in [0.3, 0.4) is 0 Å². The van der Waals surface area contributed by atoms with Crippen molar-refractivity contribution in [2.24, 2.45) is 5.92 Å². The zero-order chi connectivity index (χ0) is 10.5. The number of hydrogen-bond donors (Lipinski definition) is 0. The smallest absolute Gasteiger partial charge is 0.227 e. The maximum absolute atomic E-state index is 5.66. The molecule has 0 radical (unpaired) electrons. The van der Waals surface area contributed by atoms with Crippen LogP contribution in [0.1, 0.15) is 12.8 Å². The molecule has 0 spiro atoms. The number of aromatic nitrogens is 1. The molecule has 1 aromatic heterocycles. The third-order valence-corrected chi connectivity index (χ3v) is 3.12. The fourth-order valence-corrected chi connectivity index (χ4v) is 1.96. The first kappa shape index (κ1) is 10.9. The van der Waals surface area contributed by atoms with Crippen molar-refractivity contribution >= 4 is 15.9 Å². The molecular formula is C11H14BrNO2. The number of rotatable bonds is 3. The van der Waals surface area contributed by atoms with Crippen LogP contribution in [0.25, 0.3) is 0 Å². The second-order valence-electron chi connectivity index (χ2n) is 3.66. The van der Waals surface area contributed by atoms with E-state index < -0.39 is 0 Å². The third kappa shape index (κ3) is 3.18. The first-order valence-electron chi connectivity index (χ1n) is 5.17. The molecule has 1 fully saturated rings. The summed E-state index contributed by atoms with van der Waals surface area (Å²) in [6.45, 7) is 2.45. The third-order valence-electron chi connectivity index (χ3n) is 2.52. The molecule has 0 aromatic carbocycles. The minimum absolute atomic E-state index is 0.604. The Hall–Kier alpha value is -0.610. The van der Waals surface area contributed by atoms with Gasteiger partial charge in [-0.2, -0.15) is 0 Å². The van der Waals surface area contributed by atoms with E-state index >= 15 is 0 Å². The van der Waals surface area contributed by atoms with Crippen molar-refractivity contribution < 1.29 is 9.47 Å². The van der Waals surface area contributed by atoms with Crippen LogP contribution >= 0.6 is 15.9 Å². The van der Waals surface area contributed by atoms with Crippen molar-refractivity contribution in [3.63, 3.8) is 0 Å². The molecular weight excluding hydrogens is 258 g/mol. The highest BCUT2D eigenvalue weighted by Gasteiger charge is 2.15. The Morgan fingerprint density at radius 2 is 2.27 bits per heavy atom. The maximum atomic E-state index is 5.66. The zero-order valence-electron chi connectivity index (χ0n) is 8.49. The van der Waals surface area contributed by atoms with E-state index in [2.05, 4.69) is 20.9 Å². The molecule has 0 amide bonds. The Kier molecular flexibility index (Phi) is 3.97. The summed E-state index contributed by atoms with van der Waals surface area (Å²) in [5.74, 6) is 1.29. The second kappa shape index (κ2) is 5.47. The van der Waals surface area contributed by atoms with Crippen LogP contribution in [0.5, 0.6) is 5.88 Å². The number of halogens is 1. The molecule has 1 saturated heterocycles. The summed E-state index contributed by atoms with van der Waals surface area (Å²) in [6.07, 6.45) is 3.92. The predicted octanol–water partition coefficient (Wildman–Crippen LogP) is 2.65. The summed E-state index contributed by atoms with van der Waals surface area (Å²) in [5.41, 5.74) is 0. The van der Waals surface area contributed by atoms with E-state index in [1.54, 1.807) is 6.20 Å². The van der Waals surface area contributed by atoms with Crippen LogP contribution in [0.2, 0.25) is 0 Å². The van der Waals surface area contributed by atoms with E-state index in [1.165, 1.54) is 0 Å². The molecule has 0 aliphatic carbocycles. The Bertz CT molecular complexity index is 313. The van der Waals surface area contributed by atoms with Crippen molar-refractivity contribution in [2.45, 2.75) is 12.8 Å². The number of ether oxygens (including phenoxy) is 2. The van der Waals surface area contributed by atoms with Gasteiger partial charge in [-0.1, -0.05) is 0 Å². The van der Waals surface area contributed by atoms with Crippen molar-refractivity contribution in [3.05, 3.63) is 22.8 Å². The SMILES string of the molecule is Brc1cccnc1OCC1CCOCC1. The van der Waals surface area contributed by atoms with Crippen LogP contribution in [0.15, 0.2) is 22.8 Å². The summed E-state index contributed by atoms with van der Waals surface area (Å²) in [4.78, 5) is 4.16. The highest BCUT2D eigenvalue weighted by atomic mass is 79.9. The lowest BCUT2D eigenvalue weighted by Gasteiger charge is -2.21. The molecule has 1 aliphatic rings. The lowest BCUT2D eigenvalue weighted by atomic mass is 10.0. The molecule has 0 saturated carbocycles. The van der Waals surface area contributed by atoms with Gasteiger partial charge in [-0.05, 0) is 46.8 Å². The monoisotopic (exact) mass is 271 g/mol. The van der Waals surface area contributed by atoms with Crippen molar-refractivity contribution in [1.82, 2.24) is 4.98 Å². The van der Waals surface area contributed by atoms with Gasteiger partial charge in [0, 0.05) is 19.4 Å². The van der Waals surface area contributed by atoms with Crippen LogP contribution in [-0.2, 0) is 4.74 Å². The van der Waals surface area contributed by atoms with E-state index in [0.717, 1.165) is 37.1 Å². The Morgan fingerprint density at radius 1 is 1.47 bits per heavy atom. The fraction of sp³-hybridized carbons (Fsp3) is 0.545. The Balaban J connectivity index is 1.84. The first-order chi connectivity index (χ1) is 7.36. The molecule has 4 heteroatoms. The Labute approximate surface area is 97.9 Å². The van der Waals surface area contributed by atoms with Gasteiger partial charge >= 0.3 is 0 Å². The lowest BCUT2D eigenvalue weighted by molar-refractivity contribution is 0.0489. The second-order valence-corrected chi connectivity index (χ2v) is 4.51. The molecule has 15 heavy (non-hydrogen) atoms. The largest absolute Gasteiger partial charge is 0.477 e. The maximum Gasteiger partial charge on any atom is 0.227 e. The van der Waals surface area contributed by atoms with Gasteiger partial charge in [0.25, 0.3) is 0 Å². The average Bonchev–Trinajstić information content (AvgIpc) is 2.29. The molecule has 3 nitrogen and oxygen atoms in total. The minimum Gasteiger partial charge on any atom is -0.477 e. The summed E-state index contributed by atoms with van der Waals surface area (Å²) < 4.78 is 11.9. The summed E-state index contributed by atoms with van der Waals surface area (Å²) >= 11 is 3.41. The molecule has 2 heterocycles. The molecule has 0 N–H and O–H groups in total. The summed E-state index contributed by atoms with van der Waals surface area (Å²) in [6, 6.07) is 3.82. The molecule has 0 unspecified atom stereocenters. The van der Waals surface area contributed by atoms with Gasteiger partial charge in [-0.15, -0.1) is 0 Å². The number of pyridine rings is 1. The molecule has 1 aliphatic heterocycles. The van der Waals surface area contributed by atoms with Crippen LogP contribution < -0.4 is 4.74 Å². The fourth-order valence-electron chi connectivity index (χ4n) is 1.59. The van der Waals surface area contributed by atoms with Crippen molar-refractivity contribution in [1.29, 1.82) is 0 Å². The van der Waals surface area contributed by atoms with Crippen LogP contribution in [-0.4, -0.2) is 24.8 Å². The van der Waals surface area contributed by atoms with Crippen molar-refractivity contribution in [3.8, 4) is 5.88 Å². The van der Waals surface area contributed by atoms with Gasteiger partial charge in [0.05, 0.1) is 11.1 Å². The van der Waals surface area contributed by atoms with E-state index in [1.807, 2.05) is 12.1 Å². The molecule has 0 atom stereocenters. The lowest BCUT2D eigenvalue weighted by Crippen LogP contribution is -2.21.